The van der Waals surface area contributed by atoms with Crippen molar-refractivity contribution in [2.45, 2.75) is 25.3 Å². The van der Waals surface area contributed by atoms with E-state index in [2.05, 4.69) is 17.2 Å². The van der Waals surface area contributed by atoms with Gasteiger partial charge < -0.3 is 15.7 Å². The number of hydrogen-bond donors (Lipinski definition) is 3. The van der Waals surface area contributed by atoms with Crippen molar-refractivity contribution in [3.63, 3.8) is 0 Å². The summed E-state index contributed by atoms with van der Waals surface area (Å²) in [6.07, 6.45) is 3.52. The number of nitrogens with one attached hydrogen (secondary N) is 2. The third-order valence-corrected chi connectivity index (χ3v) is 2.83. The van der Waals surface area contributed by atoms with Crippen LogP contribution in [0, 0.1) is 5.92 Å². The van der Waals surface area contributed by atoms with Crippen molar-refractivity contribution >= 4 is 11.9 Å². The first-order valence-corrected chi connectivity index (χ1v) is 5.50. The maximum Gasteiger partial charge on any atom is 0.326 e. The van der Waals surface area contributed by atoms with Crippen LogP contribution in [0.4, 0.5) is 0 Å². The summed E-state index contributed by atoms with van der Waals surface area (Å²) in [5.74, 6) is -1.04. The van der Waals surface area contributed by atoms with E-state index in [0.717, 1.165) is 32.0 Å². The summed E-state index contributed by atoms with van der Waals surface area (Å²) in [5, 5.41) is 14.6. The molecule has 1 aliphatic rings. The summed E-state index contributed by atoms with van der Waals surface area (Å²) in [7, 11) is 0. The Morgan fingerprint density at radius 2 is 2.12 bits per heavy atom. The number of amides is 1. The van der Waals surface area contributed by atoms with Crippen molar-refractivity contribution in [3.05, 3.63) is 12.7 Å². The first kappa shape index (κ1) is 12.7. The molecule has 0 spiro atoms. The highest BCUT2D eigenvalue weighted by Gasteiger charge is 2.24. The fraction of sp³-hybridized carbons (Fsp3) is 0.636. The molecule has 0 saturated carbocycles. The lowest BCUT2D eigenvalue weighted by Gasteiger charge is -2.25. The van der Waals surface area contributed by atoms with E-state index < -0.39 is 17.9 Å². The number of carbonyl (C=O) groups excluding carboxylic acids is 1. The Hall–Kier alpha value is -1.36. The molecular weight excluding hydrogens is 208 g/mol. The van der Waals surface area contributed by atoms with E-state index in [9.17, 15) is 9.59 Å². The fourth-order valence-corrected chi connectivity index (χ4v) is 1.90. The van der Waals surface area contributed by atoms with Gasteiger partial charge in [-0.2, -0.15) is 0 Å². The molecule has 1 saturated heterocycles. The van der Waals surface area contributed by atoms with Gasteiger partial charge in [-0.1, -0.05) is 6.58 Å². The average molecular weight is 226 g/mol. The summed E-state index contributed by atoms with van der Waals surface area (Å²) >= 11 is 0. The molecule has 90 valence electrons. The molecule has 1 aliphatic heterocycles. The quantitative estimate of drug-likeness (QED) is 0.582. The Morgan fingerprint density at radius 3 is 2.62 bits per heavy atom. The van der Waals surface area contributed by atoms with E-state index in [-0.39, 0.29) is 0 Å². The van der Waals surface area contributed by atoms with Gasteiger partial charge >= 0.3 is 5.97 Å². The Kier molecular flexibility index (Phi) is 4.98. The maximum absolute atomic E-state index is 11.1. The maximum atomic E-state index is 11.1. The molecule has 0 aromatic rings. The van der Waals surface area contributed by atoms with Gasteiger partial charge in [-0.05, 0) is 44.3 Å². The predicted octanol–water partition coefficient (Wildman–Crippen LogP) is 0.132. The highest BCUT2D eigenvalue weighted by Crippen LogP contribution is 2.18. The van der Waals surface area contributed by atoms with Gasteiger partial charge in [-0.25, -0.2) is 4.79 Å². The van der Waals surface area contributed by atoms with Gasteiger partial charge in [0.15, 0.2) is 0 Å². The van der Waals surface area contributed by atoms with Crippen LogP contribution in [0.2, 0.25) is 0 Å². The molecule has 0 aromatic heterocycles. The first-order valence-electron chi connectivity index (χ1n) is 5.50. The number of piperidine rings is 1. The molecule has 5 nitrogen and oxygen atoms in total. The second kappa shape index (κ2) is 6.27. The minimum atomic E-state index is -0.978. The number of carboxylic acids is 1. The molecule has 0 aliphatic carbocycles. The van der Waals surface area contributed by atoms with Crippen molar-refractivity contribution < 1.29 is 14.7 Å². The fourth-order valence-electron chi connectivity index (χ4n) is 1.90. The summed E-state index contributed by atoms with van der Waals surface area (Å²) in [4.78, 5) is 22.0. The van der Waals surface area contributed by atoms with Crippen LogP contribution >= 0.6 is 0 Å². The van der Waals surface area contributed by atoms with Gasteiger partial charge in [0.1, 0.15) is 6.04 Å². The van der Waals surface area contributed by atoms with Crippen LogP contribution in [-0.2, 0) is 9.59 Å². The third-order valence-electron chi connectivity index (χ3n) is 2.83. The van der Waals surface area contributed by atoms with Crippen molar-refractivity contribution in [1.29, 1.82) is 0 Å². The highest BCUT2D eigenvalue weighted by molar-refractivity contribution is 5.90. The largest absolute Gasteiger partial charge is 0.480 e. The summed E-state index contributed by atoms with van der Waals surface area (Å²) in [5.41, 5.74) is 0. The standard InChI is InChI=1S/C11H18N2O3/c1-2-10(14)13-9(11(15)16)7-8-3-5-12-6-4-8/h2,8-9,12H,1,3-7H2,(H,13,14)(H,15,16). The van der Waals surface area contributed by atoms with Crippen molar-refractivity contribution in [1.82, 2.24) is 10.6 Å². The number of rotatable bonds is 5. The van der Waals surface area contributed by atoms with Crippen LogP contribution < -0.4 is 10.6 Å². The molecule has 0 aromatic carbocycles. The molecule has 1 amide bonds. The van der Waals surface area contributed by atoms with Gasteiger partial charge in [-0.3, -0.25) is 4.79 Å². The van der Waals surface area contributed by atoms with E-state index in [1.165, 1.54) is 0 Å². The molecule has 1 heterocycles. The summed E-state index contributed by atoms with van der Waals surface area (Å²) in [6, 6.07) is -0.798. The van der Waals surface area contributed by atoms with Crippen LogP contribution in [-0.4, -0.2) is 36.1 Å². The summed E-state index contributed by atoms with van der Waals surface area (Å²) in [6.45, 7) is 5.15. The number of aliphatic carboxylic acids is 1. The lowest BCUT2D eigenvalue weighted by atomic mass is 9.91. The second-order valence-electron chi connectivity index (χ2n) is 4.03. The van der Waals surface area contributed by atoms with Crippen molar-refractivity contribution in [2.75, 3.05) is 13.1 Å². The van der Waals surface area contributed by atoms with Gasteiger partial charge in [0, 0.05) is 0 Å². The minimum Gasteiger partial charge on any atom is -0.480 e. The Balaban J connectivity index is 2.46. The van der Waals surface area contributed by atoms with Crippen LogP contribution in [0.15, 0.2) is 12.7 Å². The van der Waals surface area contributed by atoms with Gasteiger partial charge in [0.05, 0.1) is 0 Å². The van der Waals surface area contributed by atoms with Crippen molar-refractivity contribution in [2.24, 2.45) is 5.92 Å². The monoisotopic (exact) mass is 226 g/mol. The lowest BCUT2D eigenvalue weighted by molar-refractivity contribution is -0.141. The predicted molar refractivity (Wildman–Crippen MR) is 60.0 cm³/mol. The lowest BCUT2D eigenvalue weighted by Crippen LogP contribution is -2.42. The topological polar surface area (TPSA) is 78.4 Å². The van der Waals surface area contributed by atoms with E-state index in [1.54, 1.807) is 0 Å². The van der Waals surface area contributed by atoms with Gasteiger partial charge in [0.25, 0.3) is 0 Å². The molecule has 16 heavy (non-hydrogen) atoms. The highest BCUT2D eigenvalue weighted by atomic mass is 16.4. The molecule has 0 bridgehead atoms. The first-order chi connectivity index (χ1) is 7.63. The molecule has 1 fully saturated rings. The summed E-state index contributed by atoms with van der Waals surface area (Å²) < 4.78 is 0. The second-order valence-corrected chi connectivity index (χ2v) is 4.03. The third kappa shape index (κ3) is 4.02. The molecule has 1 unspecified atom stereocenters. The molecule has 0 radical (unpaired) electrons. The van der Waals surface area contributed by atoms with E-state index in [0.29, 0.717) is 12.3 Å². The van der Waals surface area contributed by atoms with Crippen LogP contribution in [0.25, 0.3) is 0 Å². The Morgan fingerprint density at radius 1 is 1.50 bits per heavy atom. The van der Waals surface area contributed by atoms with Gasteiger partial charge in [0.2, 0.25) is 5.91 Å². The smallest absolute Gasteiger partial charge is 0.326 e. The van der Waals surface area contributed by atoms with Crippen LogP contribution in [0.5, 0.6) is 0 Å². The number of hydrogen-bond acceptors (Lipinski definition) is 3. The Bertz CT molecular complexity index is 272. The molecule has 5 heteroatoms. The zero-order chi connectivity index (χ0) is 12.0. The molecular formula is C11H18N2O3. The average Bonchev–Trinajstić information content (AvgIpc) is 2.29. The van der Waals surface area contributed by atoms with E-state index in [4.69, 9.17) is 5.11 Å². The van der Waals surface area contributed by atoms with Crippen LogP contribution in [0.1, 0.15) is 19.3 Å². The molecule has 3 N–H and O–H groups in total. The SMILES string of the molecule is C=CC(=O)NC(CC1CCNCC1)C(=O)O. The number of carboxylic acid groups (broad SMARTS) is 1. The van der Waals surface area contributed by atoms with E-state index >= 15 is 0 Å². The zero-order valence-corrected chi connectivity index (χ0v) is 9.24. The minimum absolute atomic E-state index is 0.368. The van der Waals surface area contributed by atoms with Crippen molar-refractivity contribution in [3.8, 4) is 0 Å². The van der Waals surface area contributed by atoms with E-state index in [1.807, 2.05) is 0 Å². The normalized spacial score (nSPS) is 18.8. The zero-order valence-electron chi connectivity index (χ0n) is 9.24. The molecule has 1 atom stereocenters. The molecule has 1 rings (SSSR count). The Labute approximate surface area is 94.9 Å². The van der Waals surface area contributed by atoms with Crippen LogP contribution in [0.3, 0.4) is 0 Å². The number of carbonyl (C=O) groups is 2. The van der Waals surface area contributed by atoms with Gasteiger partial charge in [-0.15, -0.1) is 0 Å².